The van der Waals surface area contributed by atoms with Crippen LogP contribution < -0.4 is 0 Å². The monoisotopic (exact) mass is 298 g/mol. The van der Waals surface area contributed by atoms with Gasteiger partial charge in [-0.05, 0) is 29.8 Å². The highest BCUT2D eigenvalue weighted by atomic mass is 79.9. The first-order valence-electron chi connectivity index (χ1n) is 5.18. The van der Waals surface area contributed by atoms with E-state index in [1.165, 1.54) is 6.07 Å². The molecule has 1 aromatic carbocycles. The van der Waals surface area contributed by atoms with Crippen LogP contribution in [0, 0.1) is 5.82 Å². The lowest BCUT2D eigenvalue weighted by Gasteiger charge is -2.09. The van der Waals surface area contributed by atoms with Crippen LogP contribution in [0.1, 0.15) is 17.4 Å². The standard InChI is InChI=1S/C12H12BrFN2O/c1-16-5-4-11(15-16)12(17)7-8-6-9(13)2-3-10(8)14/h2-6,12,17H,7H2,1H3. The van der Waals surface area contributed by atoms with Crippen LogP contribution in [-0.2, 0) is 13.5 Å². The van der Waals surface area contributed by atoms with Crippen molar-refractivity contribution in [1.29, 1.82) is 0 Å². The van der Waals surface area contributed by atoms with Crippen molar-refractivity contribution < 1.29 is 9.50 Å². The molecule has 0 aliphatic rings. The Morgan fingerprint density at radius 3 is 2.88 bits per heavy atom. The van der Waals surface area contributed by atoms with Crippen LogP contribution in [0.5, 0.6) is 0 Å². The lowest BCUT2D eigenvalue weighted by atomic mass is 10.1. The van der Waals surface area contributed by atoms with Gasteiger partial charge in [0.2, 0.25) is 0 Å². The lowest BCUT2D eigenvalue weighted by Crippen LogP contribution is -2.05. The van der Waals surface area contributed by atoms with Gasteiger partial charge in [0, 0.05) is 24.1 Å². The number of halogens is 2. The first-order valence-corrected chi connectivity index (χ1v) is 5.97. The fourth-order valence-electron chi connectivity index (χ4n) is 1.62. The van der Waals surface area contributed by atoms with E-state index in [0.717, 1.165) is 4.47 Å². The summed E-state index contributed by atoms with van der Waals surface area (Å²) in [5.74, 6) is -0.316. The minimum absolute atomic E-state index is 0.211. The van der Waals surface area contributed by atoms with Gasteiger partial charge in [-0.25, -0.2) is 4.39 Å². The Kier molecular flexibility index (Phi) is 3.59. The second-order valence-corrected chi connectivity index (χ2v) is 4.79. The predicted molar refractivity (Wildman–Crippen MR) is 66.0 cm³/mol. The molecule has 1 N–H and O–H groups in total. The van der Waals surface area contributed by atoms with Crippen molar-refractivity contribution in [2.24, 2.45) is 7.05 Å². The highest BCUT2D eigenvalue weighted by Crippen LogP contribution is 2.21. The zero-order chi connectivity index (χ0) is 12.4. The summed E-state index contributed by atoms with van der Waals surface area (Å²) in [6.45, 7) is 0. The largest absolute Gasteiger partial charge is 0.386 e. The molecule has 1 aromatic heterocycles. The zero-order valence-corrected chi connectivity index (χ0v) is 10.9. The number of hydrogen-bond donors (Lipinski definition) is 1. The molecular formula is C12H12BrFN2O. The number of benzene rings is 1. The van der Waals surface area contributed by atoms with E-state index in [-0.39, 0.29) is 12.2 Å². The first kappa shape index (κ1) is 12.3. The van der Waals surface area contributed by atoms with E-state index in [9.17, 15) is 9.50 Å². The Morgan fingerprint density at radius 2 is 2.24 bits per heavy atom. The molecule has 0 radical (unpaired) electrons. The Balaban J connectivity index is 2.18. The molecule has 0 saturated heterocycles. The molecule has 0 spiro atoms. The van der Waals surface area contributed by atoms with E-state index in [1.54, 1.807) is 36.1 Å². The van der Waals surface area contributed by atoms with Gasteiger partial charge in [0.15, 0.2) is 0 Å². The third kappa shape index (κ3) is 2.92. The summed E-state index contributed by atoms with van der Waals surface area (Å²) in [5, 5.41) is 14.0. The van der Waals surface area contributed by atoms with Gasteiger partial charge in [0.1, 0.15) is 11.9 Å². The van der Waals surface area contributed by atoms with Crippen molar-refractivity contribution in [2.75, 3.05) is 0 Å². The first-order chi connectivity index (χ1) is 8.06. The molecule has 2 rings (SSSR count). The Hall–Kier alpha value is -1.20. The fraction of sp³-hybridized carbons (Fsp3) is 0.250. The number of rotatable bonds is 3. The third-order valence-electron chi connectivity index (χ3n) is 2.50. The number of aliphatic hydroxyl groups excluding tert-OH is 1. The minimum Gasteiger partial charge on any atom is -0.386 e. The van der Waals surface area contributed by atoms with Crippen molar-refractivity contribution in [3.8, 4) is 0 Å². The van der Waals surface area contributed by atoms with Crippen LogP contribution >= 0.6 is 15.9 Å². The number of aryl methyl sites for hydroxylation is 1. The molecule has 17 heavy (non-hydrogen) atoms. The van der Waals surface area contributed by atoms with Crippen molar-refractivity contribution in [3.05, 3.63) is 52.0 Å². The van der Waals surface area contributed by atoms with Crippen LogP contribution in [0.4, 0.5) is 4.39 Å². The second kappa shape index (κ2) is 4.98. The quantitative estimate of drug-likeness (QED) is 0.946. The average molecular weight is 299 g/mol. The van der Waals surface area contributed by atoms with Gasteiger partial charge in [0.25, 0.3) is 0 Å². The second-order valence-electron chi connectivity index (χ2n) is 3.87. The summed E-state index contributed by atoms with van der Waals surface area (Å²) >= 11 is 3.28. The van der Waals surface area contributed by atoms with Gasteiger partial charge < -0.3 is 5.11 Å². The summed E-state index contributed by atoms with van der Waals surface area (Å²) in [5.41, 5.74) is 1.02. The predicted octanol–water partition coefficient (Wildman–Crippen LogP) is 2.60. The molecule has 0 aliphatic carbocycles. The van der Waals surface area contributed by atoms with Crippen molar-refractivity contribution >= 4 is 15.9 Å². The SMILES string of the molecule is Cn1ccc(C(O)Cc2cc(Br)ccc2F)n1. The van der Waals surface area contributed by atoms with Crippen molar-refractivity contribution in [3.63, 3.8) is 0 Å². The van der Waals surface area contributed by atoms with E-state index >= 15 is 0 Å². The molecule has 2 aromatic rings. The van der Waals surface area contributed by atoms with E-state index in [0.29, 0.717) is 11.3 Å². The smallest absolute Gasteiger partial charge is 0.126 e. The van der Waals surface area contributed by atoms with Crippen LogP contribution in [0.25, 0.3) is 0 Å². The average Bonchev–Trinajstić information content (AvgIpc) is 2.70. The van der Waals surface area contributed by atoms with Crippen LogP contribution in [0.15, 0.2) is 34.9 Å². The molecule has 1 unspecified atom stereocenters. The molecule has 0 amide bonds. The molecule has 3 nitrogen and oxygen atoms in total. The molecular weight excluding hydrogens is 287 g/mol. The summed E-state index contributed by atoms with van der Waals surface area (Å²) in [4.78, 5) is 0. The summed E-state index contributed by atoms with van der Waals surface area (Å²) in [6.07, 6.45) is 1.16. The van der Waals surface area contributed by atoms with E-state index in [4.69, 9.17) is 0 Å². The van der Waals surface area contributed by atoms with Crippen molar-refractivity contribution in [1.82, 2.24) is 9.78 Å². The van der Waals surface area contributed by atoms with Crippen LogP contribution in [0.2, 0.25) is 0 Å². The number of aromatic nitrogens is 2. The summed E-state index contributed by atoms with van der Waals surface area (Å²) < 4.78 is 15.9. The molecule has 1 heterocycles. The van der Waals surface area contributed by atoms with Gasteiger partial charge in [-0.1, -0.05) is 15.9 Å². The molecule has 0 fully saturated rings. The molecule has 1 atom stereocenters. The van der Waals surface area contributed by atoms with E-state index in [2.05, 4.69) is 21.0 Å². The maximum absolute atomic E-state index is 13.5. The molecule has 0 bridgehead atoms. The van der Waals surface area contributed by atoms with Gasteiger partial charge in [-0.15, -0.1) is 0 Å². The normalized spacial score (nSPS) is 12.7. The summed E-state index contributed by atoms with van der Waals surface area (Å²) in [7, 11) is 1.77. The highest BCUT2D eigenvalue weighted by molar-refractivity contribution is 9.10. The van der Waals surface area contributed by atoms with E-state index < -0.39 is 6.10 Å². The van der Waals surface area contributed by atoms with Gasteiger partial charge in [-0.3, -0.25) is 4.68 Å². The van der Waals surface area contributed by atoms with Gasteiger partial charge >= 0.3 is 0 Å². The topological polar surface area (TPSA) is 38.0 Å². The zero-order valence-electron chi connectivity index (χ0n) is 9.27. The van der Waals surface area contributed by atoms with Gasteiger partial charge in [-0.2, -0.15) is 5.10 Å². The highest BCUT2D eigenvalue weighted by Gasteiger charge is 2.14. The number of hydrogen-bond acceptors (Lipinski definition) is 2. The fourth-order valence-corrected chi connectivity index (χ4v) is 2.03. The lowest BCUT2D eigenvalue weighted by molar-refractivity contribution is 0.171. The minimum atomic E-state index is -0.792. The molecule has 90 valence electrons. The van der Waals surface area contributed by atoms with Crippen LogP contribution in [-0.4, -0.2) is 14.9 Å². The summed E-state index contributed by atoms with van der Waals surface area (Å²) in [6, 6.07) is 6.40. The van der Waals surface area contributed by atoms with Crippen LogP contribution in [0.3, 0.4) is 0 Å². The Labute approximate surface area is 107 Å². The van der Waals surface area contributed by atoms with Gasteiger partial charge in [0.05, 0.1) is 5.69 Å². The Morgan fingerprint density at radius 1 is 1.47 bits per heavy atom. The molecule has 0 aliphatic heterocycles. The Bertz CT molecular complexity index is 527. The maximum Gasteiger partial charge on any atom is 0.126 e. The molecule has 0 saturated carbocycles. The number of nitrogens with zero attached hydrogens (tertiary/aromatic N) is 2. The van der Waals surface area contributed by atoms with Crippen molar-refractivity contribution in [2.45, 2.75) is 12.5 Å². The molecule has 5 heteroatoms. The number of aliphatic hydroxyl groups is 1. The maximum atomic E-state index is 13.5. The third-order valence-corrected chi connectivity index (χ3v) is 2.99. The van der Waals surface area contributed by atoms with E-state index in [1.807, 2.05) is 0 Å².